The summed E-state index contributed by atoms with van der Waals surface area (Å²) in [7, 11) is -4.01. The molecule has 1 N–H and O–H groups in total. The molecule has 0 spiro atoms. The first-order valence-corrected chi connectivity index (χ1v) is 9.61. The lowest BCUT2D eigenvalue weighted by Crippen LogP contribution is -2.37. The van der Waals surface area contributed by atoms with Crippen molar-refractivity contribution in [1.82, 2.24) is 10.3 Å². The molecule has 0 fully saturated rings. The van der Waals surface area contributed by atoms with Crippen molar-refractivity contribution in [2.45, 2.75) is 51.6 Å². The molecule has 0 saturated heterocycles. The number of halogens is 3. The van der Waals surface area contributed by atoms with Gasteiger partial charge in [0.1, 0.15) is 5.75 Å². The summed E-state index contributed by atoms with van der Waals surface area (Å²) < 4.78 is 62.5. The number of carbonyl (C=O) groups excluding carboxylic acids is 1. The summed E-state index contributed by atoms with van der Waals surface area (Å²) in [6.07, 6.45) is -3.20. The maximum absolute atomic E-state index is 12.8. The van der Waals surface area contributed by atoms with Gasteiger partial charge in [-0.05, 0) is 20.3 Å². The zero-order chi connectivity index (χ0) is 17.8. The van der Waals surface area contributed by atoms with Crippen LogP contribution in [-0.4, -0.2) is 31.1 Å². The minimum absolute atomic E-state index is 0.128. The normalized spacial score (nSPS) is 13.8. The van der Waals surface area contributed by atoms with Crippen molar-refractivity contribution < 1.29 is 26.4 Å². The van der Waals surface area contributed by atoms with E-state index in [4.69, 9.17) is 0 Å². The minimum Gasteiger partial charge on any atom is -0.353 e. The van der Waals surface area contributed by atoms with E-state index in [9.17, 15) is 26.4 Å². The van der Waals surface area contributed by atoms with Crippen molar-refractivity contribution in [2.75, 3.05) is 5.75 Å². The third-order valence-corrected chi connectivity index (χ3v) is 5.49. The van der Waals surface area contributed by atoms with Crippen molar-refractivity contribution in [3.05, 3.63) is 15.6 Å². The minimum atomic E-state index is -4.71. The SMILES string of the molecule is CCCC(C)NC(=O)CS(=O)(=O)Cc1sc(C)nc1C(F)(F)F. The summed E-state index contributed by atoms with van der Waals surface area (Å²) in [5, 5.41) is 2.65. The van der Waals surface area contributed by atoms with Crippen LogP contribution in [0, 0.1) is 6.92 Å². The van der Waals surface area contributed by atoms with Crippen LogP contribution in [0.5, 0.6) is 0 Å². The fraction of sp³-hybridized carbons (Fsp3) is 0.692. The molecule has 0 saturated carbocycles. The van der Waals surface area contributed by atoms with Gasteiger partial charge in [0.2, 0.25) is 5.91 Å². The highest BCUT2D eigenvalue weighted by Gasteiger charge is 2.38. The van der Waals surface area contributed by atoms with E-state index < -0.39 is 39.1 Å². The van der Waals surface area contributed by atoms with Crippen LogP contribution in [-0.2, 0) is 26.6 Å². The van der Waals surface area contributed by atoms with Crippen LogP contribution in [0.4, 0.5) is 13.2 Å². The van der Waals surface area contributed by atoms with Gasteiger partial charge in [-0.25, -0.2) is 13.4 Å². The third kappa shape index (κ3) is 6.46. The number of sulfone groups is 1. The number of nitrogens with zero attached hydrogens (tertiary/aromatic N) is 1. The van der Waals surface area contributed by atoms with E-state index in [0.29, 0.717) is 17.8 Å². The summed E-state index contributed by atoms with van der Waals surface area (Å²) in [4.78, 5) is 14.7. The number of alkyl halides is 3. The number of rotatable bonds is 7. The van der Waals surface area contributed by atoms with Crippen LogP contribution < -0.4 is 5.32 Å². The van der Waals surface area contributed by atoms with Gasteiger partial charge in [-0.3, -0.25) is 4.79 Å². The maximum Gasteiger partial charge on any atom is 0.434 e. The first kappa shape index (κ1) is 19.9. The largest absolute Gasteiger partial charge is 0.434 e. The van der Waals surface area contributed by atoms with Gasteiger partial charge in [-0.15, -0.1) is 11.3 Å². The fourth-order valence-corrected chi connectivity index (χ4v) is 4.71. The standard InChI is InChI=1S/C13H19F3N2O3S2/c1-4-5-8(2)17-11(19)7-23(20,21)6-10-12(13(14,15)16)18-9(3)22-10/h8H,4-7H2,1-3H3,(H,17,19). The second-order valence-corrected chi connectivity index (χ2v) is 8.64. The Hall–Kier alpha value is -1.16. The Morgan fingerprint density at radius 3 is 2.52 bits per heavy atom. The van der Waals surface area contributed by atoms with E-state index in [2.05, 4.69) is 10.3 Å². The van der Waals surface area contributed by atoms with E-state index >= 15 is 0 Å². The van der Waals surface area contributed by atoms with E-state index in [1.165, 1.54) is 6.92 Å². The fourth-order valence-electron chi connectivity index (χ4n) is 2.06. The third-order valence-electron chi connectivity index (χ3n) is 2.90. The monoisotopic (exact) mass is 372 g/mol. The van der Waals surface area contributed by atoms with Gasteiger partial charge in [0.15, 0.2) is 15.5 Å². The summed E-state index contributed by atoms with van der Waals surface area (Å²) in [5.74, 6) is -2.39. The van der Waals surface area contributed by atoms with Crippen molar-refractivity contribution in [2.24, 2.45) is 0 Å². The molecule has 1 rings (SSSR count). The Kier molecular flexibility index (Phi) is 6.58. The number of hydrogen-bond acceptors (Lipinski definition) is 5. The predicted octanol–water partition coefficient (Wildman–Crippen LogP) is 2.69. The van der Waals surface area contributed by atoms with Crippen molar-refractivity contribution in [1.29, 1.82) is 0 Å². The van der Waals surface area contributed by atoms with Gasteiger partial charge < -0.3 is 5.32 Å². The number of carbonyl (C=O) groups is 1. The number of thiazole rings is 1. The molecule has 23 heavy (non-hydrogen) atoms. The molecule has 0 radical (unpaired) electrons. The van der Waals surface area contributed by atoms with E-state index in [1.807, 2.05) is 6.92 Å². The maximum atomic E-state index is 12.8. The van der Waals surface area contributed by atoms with Crippen LogP contribution in [0.15, 0.2) is 0 Å². The highest BCUT2D eigenvalue weighted by Crippen LogP contribution is 2.35. The van der Waals surface area contributed by atoms with Crippen LogP contribution in [0.1, 0.15) is 42.3 Å². The molecule has 1 atom stereocenters. The molecule has 5 nitrogen and oxygen atoms in total. The first-order chi connectivity index (χ1) is 10.4. The number of amides is 1. The molecule has 1 aromatic rings. The van der Waals surface area contributed by atoms with E-state index in [1.54, 1.807) is 6.92 Å². The molecule has 0 bridgehead atoms. The quantitative estimate of drug-likeness (QED) is 0.798. The number of aryl methyl sites for hydroxylation is 1. The molecular formula is C13H19F3N2O3S2. The molecule has 1 unspecified atom stereocenters. The molecule has 0 aromatic carbocycles. The average Bonchev–Trinajstić information content (AvgIpc) is 2.67. The Morgan fingerprint density at radius 1 is 1.39 bits per heavy atom. The summed E-state index contributed by atoms with van der Waals surface area (Å²) in [6.45, 7) is 5.03. The predicted molar refractivity (Wildman–Crippen MR) is 81.9 cm³/mol. The molecule has 1 amide bonds. The van der Waals surface area contributed by atoms with Crippen LogP contribution >= 0.6 is 11.3 Å². The topological polar surface area (TPSA) is 76.1 Å². The molecular weight excluding hydrogens is 353 g/mol. The second-order valence-electron chi connectivity index (χ2n) is 5.29. The molecule has 0 aliphatic carbocycles. The smallest absolute Gasteiger partial charge is 0.353 e. The Balaban J connectivity index is 2.82. The van der Waals surface area contributed by atoms with Crippen LogP contribution in [0.3, 0.4) is 0 Å². The lowest BCUT2D eigenvalue weighted by Gasteiger charge is -2.13. The van der Waals surface area contributed by atoms with Gasteiger partial charge in [-0.1, -0.05) is 13.3 Å². The molecule has 132 valence electrons. The van der Waals surface area contributed by atoms with Crippen molar-refractivity contribution in [3.8, 4) is 0 Å². The Morgan fingerprint density at radius 2 is 2.00 bits per heavy atom. The van der Waals surface area contributed by atoms with Crippen molar-refractivity contribution in [3.63, 3.8) is 0 Å². The van der Waals surface area contributed by atoms with Crippen LogP contribution in [0.25, 0.3) is 0 Å². The first-order valence-electron chi connectivity index (χ1n) is 6.98. The number of aromatic nitrogens is 1. The summed E-state index contributed by atoms with van der Waals surface area (Å²) in [5.41, 5.74) is -1.19. The molecule has 10 heteroatoms. The van der Waals surface area contributed by atoms with Gasteiger partial charge >= 0.3 is 6.18 Å². The zero-order valence-corrected chi connectivity index (χ0v) is 14.7. The van der Waals surface area contributed by atoms with Gasteiger partial charge in [-0.2, -0.15) is 13.2 Å². The molecule has 0 aliphatic rings. The lowest BCUT2D eigenvalue weighted by atomic mass is 10.2. The molecule has 0 aliphatic heterocycles. The number of nitrogens with one attached hydrogen (secondary N) is 1. The zero-order valence-electron chi connectivity index (χ0n) is 13.0. The van der Waals surface area contributed by atoms with Gasteiger partial charge in [0, 0.05) is 6.04 Å². The molecule has 1 aromatic heterocycles. The van der Waals surface area contributed by atoms with Crippen molar-refractivity contribution >= 4 is 27.1 Å². The second kappa shape index (κ2) is 7.61. The highest BCUT2D eigenvalue weighted by atomic mass is 32.2. The van der Waals surface area contributed by atoms with Gasteiger partial charge in [0.25, 0.3) is 0 Å². The summed E-state index contributed by atoms with van der Waals surface area (Å²) in [6, 6.07) is -0.181. The summed E-state index contributed by atoms with van der Waals surface area (Å²) >= 11 is 0.675. The van der Waals surface area contributed by atoms with Crippen LogP contribution in [0.2, 0.25) is 0 Å². The molecule has 1 heterocycles. The average molecular weight is 372 g/mol. The number of hydrogen-bond donors (Lipinski definition) is 1. The Labute approximate surface area is 137 Å². The lowest BCUT2D eigenvalue weighted by molar-refractivity contribution is -0.141. The highest BCUT2D eigenvalue weighted by molar-refractivity contribution is 7.91. The van der Waals surface area contributed by atoms with E-state index in [-0.39, 0.29) is 15.9 Å². The Bertz CT molecular complexity index is 654. The van der Waals surface area contributed by atoms with Gasteiger partial charge in [0.05, 0.1) is 15.6 Å². The van der Waals surface area contributed by atoms with E-state index in [0.717, 1.165) is 6.42 Å².